The number of rotatable bonds is 6. The van der Waals surface area contributed by atoms with Crippen LogP contribution in [0, 0.1) is 0 Å². The van der Waals surface area contributed by atoms with Crippen molar-refractivity contribution in [3.63, 3.8) is 0 Å². The molecule has 0 spiro atoms. The van der Waals surface area contributed by atoms with Gasteiger partial charge in [-0.25, -0.2) is 0 Å². The van der Waals surface area contributed by atoms with E-state index in [1.165, 1.54) is 12.3 Å². The maximum Gasteiger partial charge on any atom is 0.250 e. The molecule has 3 N–H and O–H groups in total. The fraction of sp³-hybridized carbons (Fsp3) is 0.222. The number of nitrogens with two attached hydrogens (primary N) is 1. The number of phenolic OH excluding ortho intramolecular Hbond substituents is 1. The van der Waals surface area contributed by atoms with Crippen LogP contribution in [-0.2, 0) is 0 Å². The monoisotopic (exact) mass is 345 g/mol. The molecule has 0 heterocycles. The number of primary amides is 1. The number of carbonyl (C=O) groups excluding carboxylic acids is 1. The van der Waals surface area contributed by atoms with Gasteiger partial charge in [-0.3, -0.25) is 9.79 Å². The number of halogens is 1. The minimum atomic E-state index is -0.608. The van der Waals surface area contributed by atoms with Crippen LogP contribution in [-0.4, -0.2) is 30.3 Å². The molecular weight excluding hydrogens is 326 g/mol. The van der Waals surface area contributed by atoms with Gasteiger partial charge in [0.25, 0.3) is 0 Å². The number of hydrogen-bond donors (Lipinski definition) is 2. The molecule has 0 atom stereocenters. The lowest BCUT2D eigenvalue weighted by molar-refractivity contribution is 0.100. The van der Waals surface area contributed by atoms with E-state index in [1.807, 2.05) is 6.07 Å². The maximum atomic E-state index is 11.3. The number of carbonyl (C=O) groups is 1. The van der Waals surface area contributed by atoms with Crippen LogP contribution in [0.15, 0.2) is 41.4 Å². The Morgan fingerprint density at radius 1 is 1.25 bits per heavy atom. The fourth-order valence-corrected chi connectivity index (χ4v) is 2.56. The Hall–Kier alpha value is -2.53. The van der Waals surface area contributed by atoms with E-state index >= 15 is 0 Å². The van der Waals surface area contributed by atoms with Gasteiger partial charge in [0.2, 0.25) is 5.91 Å². The summed E-state index contributed by atoms with van der Waals surface area (Å²) in [6.45, 7) is 5.85. The number of aromatic hydroxyl groups is 1. The molecule has 0 bridgehead atoms. The van der Waals surface area contributed by atoms with Crippen LogP contribution in [0.2, 0.25) is 5.02 Å². The lowest BCUT2D eigenvalue weighted by atomic mass is 10.1. The largest absolute Gasteiger partial charge is 0.507 e. The minimum Gasteiger partial charge on any atom is -0.507 e. The summed E-state index contributed by atoms with van der Waals surface area (Å²) >= 11 is 5.91. The molecular formula is C18H20ClN3O2. The van der Waals surface area contributed by atoms with Gasteiger partial charge < -0.3 is 15.7 Å². The number of hydrogen-bond acceptors (Lipinski definition) is 4. The van der Waals surface area contributed by atoms with Gasteiger partial charge in [-0.2, -0.15) is 0 Å². The highest BCUT2D eigenvalue weighted by Gasteiger charge is 2.08. The first-order valence-electron chi connectivity index (χ1n) is 7.67. The van der Waals surface area contributed by atoms with E-state index in [0.717, 1.165) is 18.8 Å². The van der Waals surface area contributed by atoms with Gasteiger partial charge in [0.1, 0.15) is 5.75 Å². The second-order valence-electron chi connectivity index (χ2n) is 5.20. The predicted octanol–water partition coefficient (Wildman–Crippen LogP) is 3.74. The minimum absolute atomic E-state index is 0.146. The Bertz CT molecular complexity index is 771. The van der Waals surface area contributed by atoms with E-state index in [2.05, 4.69) is 23.7 Å². The molecule has 0 aliphatic heterocycles. The molecule has 6 heteroatoms. The smallest absolute Gasteiger partial charge is 0.250 e. The lowest BCUT2D eigenvalue weighted by Crippen LogP contribution is -2.21. The first kappa shape index (κ1) is 17.8. The molecule has 0 aliphatic carbocycles. The quantitative estimate of drug-likeness (QED) is 0.783. The van der Waals surface area contributed by atoms with E-state index in [0.29, 0.717) is 11.3 Å². The summed E-state index contributed by atoms with van der Waals surface area (Å²) in [7, 11) is 0. The molecule has 0 radical (unpaired) electrons. The topological polar surface area (TPSA) is 78.9 Å². The molecule has 0 saturated carbocycles. The van der Waals surface area contributed by atoms with E-state index < -0.39 is 5.91 Å². The van der Waals surface area contributed by atoms with Crippen molar-refractivity contribution in [1.29, 1.82) is 0 Å². The van der Waals surface area contributed by atoms with Crippen molar-refractivity contribution in [2.45, 2.75) is 13.8 Å². The Kier molecular flexibility index (Phi) is 5.82. The zero-order valence-electron chi connectivity index (χ0n) is 13.7. The normalized spacial score (nSPS) is 11.0. The molecule has 1 amide bonds. The molecule has 2 aromatic carbocycles. The van der Waals surface area contributed by atoms with Crippen LogP contribution in [0.3, 0.4) is 0 Å². The van der Waals surface area contributed by atoms with Crippen LogP contribution in [0.4, 0.5) is 11.4 Å². The van der Waals surface area contributed by atoms with Gasteiger partial charge in [-0.05, 0) is 44.2 Å². The van der Waals surface area contributed by atoms with Crippen LogP contribution < -0.4 is 10.6 Å². The third-order valence-corrected chi connectivity index (χ3v) is 4.04. The van der Waals surface area contributed by atoms with E-state index in [-0.39, 0.29) is 16.3 Å². The first-order valence-corrected chi connectivity index (χ1v) is 8.05. The molecule has 5 nitrogen and oxygen atoms in total. The standard InChI is InChI=1S/C18H20ClN3O2/c1-3-22(4-2)14-7-5-12(17(23)10-14)11-21-13-6-8-16(19)15(9-13)18(20)24/h5-11,23H,3-4H2,1-2H3,(H2,20,24). The second-order valence-corrected chi connectivity index (χ2v) is 5.61. The lowest BCUT2D eigenvalue weighted by Gasteiger charge is -2.21. The summed E-state index contributed by atoms with van der Waals surface area (Å²) in [4.78, 5) is 17.7. The highest BCUT2D eigenvalue weighted by molar-refractivity contribution is 6.33. The molecule has 0 unspecified atom stereocenters. The number of amides is 1. The zero-order chi connectivity index (χ0) is 17.7. The van der Waals surface area contributed by atoms with E-state index in [4.69, 9.17) is 17.3 Å². The number of anilines is 1. The van der Waals surface area contributed by atoms with Gasteiger partial charge >= 0.3 is 0 Å². The molecule has 24 heavy (non-hydrogen) atoms. The van der Waals surface area contributed by atoms with E-state index in [9.17, 15) is 9.90 Å². The third-order valence-electron chi connectivity index (χ3n) is 3.71. The number of phenols is 1. The molecule has 2 rings (SSSR count). The number of benzene rings is 2. The van der Waals surface area contributed by atoms with Crippen molar-refractivity contribution in [2.75, 3.05) is 18.0 Å². The predicted molar refractivity (Wildman–Crippen MR) is 98.9 cm³/mol. The molecule has 126 valence electrons. The van der Waals surface area contributed by atoms with Crippen molar-refractivity contribution >= 4 is 35.1 Å². The Balaban J connectivity index is 2.26. The SMILES string of the molecule is CCN(CC)c1ccc(C=Nc2ccc(Cl)c(C(N)=O)c2)c(O)c1. The first-order chi connectivity index (χ1) is 11.5. The number of nitrogens with zero attached hydrogens (tertiary/aromatic N) is 2. The van der Waals surface area contributed by atoms with Crippen molar-refractivity contribution in [2.24, 2.45) is 10.7 Å². The number of aliphatic imine (C=N–C) groups is 1. The van der Waals surface area contributed by atoms with Crippen LogP contribution >= 0.6 is 11.6 Å². The van der Waals surface area contributed by atoms with Gasteiger partial charge in [0.05, 0.1) is 16.3 Å². The van der Waals surface area contributed by atoms with Gasteiger partial charge in [-0.1, -0.05) is 11.6 Å². The zero-order valence-corrected chi connectivity index (χ0v) is 14.4. The summed E-state index contributed by atoms with van der Waals surface area (Å²) in [5, 5.41) is 10.5. The highest BCUT2D eigenvalue weighted by atomic mass is 35.5. The molecule has 0 saturated heterocycles. The highest BCUT2D eigenvalue weighted by Crippen LogP contribution is 2.25. The summed E-state index contributed by atoms with van der Waals surface area (Å²) in [6.07, 6.45) is 1.54. The van der Waals surface area contributed by atoms with Gasteiger partial charge in [0, 0.05) is 36.6 Å². The summed E-state index contributed by atoms with van der Waals surface area (Å²) < 4.78 is 0. The maximum absolute atomic E-state index is 11.3. The van der Waals surface area contributed by atoms with Crippen LogP contribution in [0.25, 0.3) is 0 Å². The van der Waals surface area contributed by atoms with Crippen molar-refractivity contribution in [3.05, 3.63) is 52.5 Å². The van der Waals surface area contributed by atoms with Crippen molar-refractivity contribution < 1.29 is 9.90 Å². The summed E-state index contributed by atoms with van der Waals surface area (Å²) in [5.74, 6) is -0.462. The molecule has 0 aliphatic rings. The molecule has 0 fully saturated rings. The summed E-state index contributed by atoms with van der Waals surface area (Å²) in [5.41, 5.74) is 7.55. The van der Waals surface area contributed by atoms with Crippen molar-refractivity contribution in [3.8, 4) is 5.75 Å². The van der Waals surface area contributed by atoms with Crippen molar-refractivity contribution in [1.82, 2.24) is 0 Å². The van der Waals surface area contributed by atoms with E-state index in [1.54, 1.807) is 24.3 Å². The van der Waals surface area contributed by atoms with Crippen LogP contribution in [0.1, 0.15) is 29.8 Å². The Morgan fingerprint density at radius 3 is 2.54 bits per heavy atom. The summed E-state index contributed by atoms with van der Waals surface area (Å²) in [6, 6.07) is 10.2. The molecule has 0 aromatic heterocycles. The molecule has 2 aromatic rings. The second kappa shape index (κ2) is 7.84. The third kappa shape index (κ3) is 4.06. The average molecular weight is 346 g/mol. The Labute approximate surface area is 146 Å². The van der Waals surface area contributed by atoms with Crippen LogP contribution in [0.5, 0.6) is 5.75 Å². The van der Waals surface area contributed by atoms with Gasteiger partial charge in [-0.15, -0.1) is 0 Å². The fourth-order valence-electron chi connectivity index (χ4n) is 2.35. The average Bonchev–Trinajstić information content (AvgIpc) is 2.56. The van der Waals surface area contributed by atoms with Gasteiger partial charge in [0.15, 0.2) is 0 Å². The Morgan fingerprint density at radius 2 is 1.96 bits per heavy atom.